The van der Waals surface area contributed by atoms with Gasteiger partial charge in [0.25, 0.3) is 5.69 Å². The van der Waals surface area contributed by atoms with Gasteiger partial charge in [0.1, 0.15) is 0 Å². The lowest BCUT2D eigenvalue weighted by molar-refractivity contribution is -0.398. The summed E-state index contributed by atoms with van der Waals surface area (Å²) in [4.78, 5) is 10.0. The largest absolute Gasteiger partial charge is 0.868 e. The van der Waals surface area contributed by atoms with E-state index in [1.165, 1.54) is 23.2 Å². The summed E-state index contributed by atoms with van der Waals surface area (Å²) >= 11 is 5.08. The zero-order valence-corrected chi connectivity index (χ0v) is 12.2. The predicted octanol–water partition coefficient (Wildman–Crippen LogP) is 2.06. The maximum Gasteiger partial charge on any atom is 0.262 e. The van der Waals surface area contributed by atoms with Crippen LogP contribution >= 0.6 is 12.2 Å². The molecule has 0 amide bonds. The van der Waals surface area contributed by atoms with Crippen molar-refractivity contribution >= 4 is 24.1 Å². The molecule has 0 atom stereocenters. The number of aromatic nitrogens is 3. The quantitative estimate of drug-likeness (QED) is 0.338. The van der Waals surface area contributed by atoms with E-state index < -0.39 is 16.4 Å². The van der Waals surface area contributed by atoms with Gasteiger partial charge in [0.05, 0.1) is 17.4 Å². The molecular formula is C13H8N5O4S-. The Bertz CT molecular complexity index is 942. The third-order valence-electron chi connectivity index (χ3n) is 2.89. The molecule has 0 spiro atoms. The molecule has 0 unspecified atom stereocenters. The highest BCUT2D eigenvalue weighted by molar-refractivity contribution is 7.71. The number of rotatable bonds is 4. The van der Waals surface area contributed by atoms with E-state index in [0.717, 1.165) is 12.1 Å². The minimum absolute atomic E-state index is 0.225. The molecule has 116 valence electrons. The normalized spacial score (nSPS) is 11.1. The molecule has 2 aromatic heterocycles. The first-order chi connectivity index (χ1) is 11.1. The summed E-state index contributed by atoms with van der Waals surface area (Å²) in [6, 6.07) is 7.06. The molecule has 1 aromatic carbocycles. The standard InChI is InChI=1S/C13H9N5O4S/c19-10-4-3-8(6-9(10)18(20)21)7-14-17-12(15-16-13(17)23)11-2-1-5-22-11/h1-7,19H,(H,16,23)/p-1/b14-7-. The molecule has 9 nitrogen and oxygen atoms in total. The number of benzene rings is 1. The molecule has 0 radical (unpaired) electrons. The van der Waals surface area contributed by atoms with Crippen LogP contribution in [-0.4, -0.2) is 26.0 Å². The summed E-state index contributed by atoms with van der Waals surface area (Å²) in [5.74, 6) is 0.143. The maximum absolute atomic E-state index is 11.4. The Morgan fingerprint density at radius 2 is 2.26 bits per heavy atom. The van der Waals surface area contributed by atoms with Crippen LogP contribution in [-0.2, 0) is 0 Å². The highest BCUT2D eigenvalue weighted by Gasteiger charge is 2.11. The second-order valence-electron chi connectivity index (χ2n) is 4.37. The molecule has 0 saturated heterocycles. The molecule has 2 heterocycles. The lowest BCUT2D eigenvalue weighted by atomic mass is 10.2. The van der Waals surface area contributed by atoms with Gasteiger partial charge < -0.3 is 9.52 Å². The average molecular weight is 330 g/mol. The summed E-state index contributed by atoms with van der Waals surface area (Å²) in [5, 5.41) is 32.9. The highest BCUT2D eigenvalue weighted by atomic mass is 32.1. The Balaban J connectivity index is 1.99. The first kappa shape index (κ1) is 14.7. The number of nitrogens with one attached hydrogen (secondary N) is 1. The van der Waals surface area contributed by atoms with Crippen molar-refractivity contribution in [3.05, 3.63) is 57.0 Å². The van der Waals surface area contributed by atoms with E-state index in [1.54, 1.807) is 12.1 Å². The SMILES string of the molecule is O=[N+]([O-])c1cc(/C=N\n2c(-c3ccco3)n[nH]c2=S)ccc1[O-]. The second kappa shape index (κ2) is 5.85. The van der Waals surface area contributed by atoms with Crippen LogP contribution < -0.4 is 5.11 Å². The number of H-pyrrole nitrogens is 1. The first-order valence-corrected chi connectivity index (χ1v) is 6.68. The molecule has 0 aliphatic rings. The Morgan fingerprint density at radius 3 is 2.96 bits per heavy atom. The molecule has 0 fully saturated rings. The zero-order valence-electron chi connectivity index (χ0n) is 11.4. The summed E-state index contributed by atoms with van der Waals surface area (Å²) in [6.07, 6.45) is 2.82. The average Bonchev–Trinajstić information content (AvgIpc) is 3.16. The lowest BCUT2D eigenvalue weighted by Crippen LogP contribution is -1.99. The van der Waals surface area contributed by atoms with Crippen molar-refractivity contribution in [1.82, 2.24) is 14.9 Å². The van der Waals surface area contributed by atoms with Crippen molar-refractivity contribution in [3.63, 3.8) is 0 Å². The third kappa shape index (κ3) is 2.87. The zero-order chi connectivity index (χ0) is 16.4. The molecule has 3 aromatic rings. The minimum atomic E-state index is -0.739. The van der Waals surface area contributed by atoms with Crippen molar-refractivity contribution in [2.24, 2.45) is 5.10 Å². The number of aromatic amines is 1. The lowest BCUT2D eigenvalue weighted by Gasteiger charge is -2.06. The maximum atomic E-state index is 11.4. The van der Waals surface area contributed by atoms with Gasteiger partial charge in [-0.05, 0) is 30.1 Å². The van der Waals surface area contributed by atoms with E-state index >= 15 is 0 Å². The van der Waals surface area contributed by atoms with Crippen LogP contribution in [0.1, 0.15) is 5.56 Å². The number of hydrogen-bond acceptors (Lipinski definition) is 7. The summed E-state index contributed by atoms with van der Waals surface area (Å²) in [7, 11) is 0. The van der Waals surface area contributed by atoms with Crippen LogP contribution in [0.3, 0.4) is 0 Å². The van der Waals surface area contributed by atoms with Gasteiger partial charge >= 0.3 is 0 Å². The molecule has 1 N–H and O–H groups in total. The van der Waals surface area contributed by atoms with Crippen molar-refractivity contribution in [2.75, 3.05) is 0 Å². The molecule has 10 heteroatoms. The van der Waals surface area contributed by atoms with E-state index in [2.05, 4.69) is 15.3 Å². The predicted molar refractivity (Wildman–Crippen MR) is 80.6 cm³/mol. The van der Waals surface area contributed by atoms with Crippen molar-refractivity contribution in [1.29, 1.82) is 0 Å². The fraction of sp³-hybridized carbons (Fsp3) is 0. The first-order valence-electron chi connectivity index (χ1n) is 6.27. The van der Waals surface area contributed by atoms with Gasteiger partial charge in [-0.25, -0.2) is 5.10 Å². The van der Waals surface area contributed by atoms with Crippen LogP contribution in [0.15, 0.2) is 46.1 Å². The van der Waals surface area contributed by atoms with Gasteiger partial charge in [-0.15, -0.1) is 5.10 Å². The van der Waals surface area contributed by atoms with E-state index in [1.807, 2.05) is 0 Å². The highest BCUT2D eigenvalue weighted by Crippen LogP contribution is 2.23. The summed E-state index contributed by atoms with van der Waals surface area (Å²) in [6.45, 7) is 0. The van der Waals surface area contributed by atoms with E-state index in [4.69, 9.17) is 16.6 Å². The van der Waals surface area contributed by atoms with Crippen LogP contribution in [0.2, 0.25) is 0 Å². The second-order valence-corrected chi connectivity index (χ2v) is 4.76. The summed E-state index contributed by atoms with van der Waals surface area (Å²) in [5.41, 5.74) is -0.138. The van der Waals surface area contributed by atoms with Crippen LogP contribution in [0.25, 0.3) is 11.6 Å². The van der Waals surface area contributed by atoms with Crippen LogP contribution in [0.5, 0.6) is 5.75 Å². The van der Waals surface area contributed by atoms with Gasteiger partial charge in [-0.3, -0.25) is 10.1 Å². The van der Waals surface area contributed by atoms with E-state index in [-0.39, 0.29) is 4.77 Å². The smallest absolute Gasteiger partial charge is 0.262 e. The molecule has 0 aliphatic heterocycles. The molecule has 0 aliphatic carbocycles. The molecule has 0 bridgehead atoms. The Hall–Kier alpha value is -3.27. The van der Waals surface area contributed by atoms with Crippen molar-refractivity contribution < 1.29 is 14.4 Å². The Morgan fingerprint density at radius 1 is 1.43 bits per heavy atom. The molecule has 3 rings (SSSR count). The number of furan rings is 1. The van der Waals surface area contributed by atoms with Crippen LogP contribution in [0.4, 0.5) is 5.69 Å². The molecule has 23 heavy (non-hydrogen) atoms. The minimum Gasteiger partial charge on any atom is -0.868 e. The number of nitrogens with zero attached hydrogens (tertiary/aromatic N) is 4. The van der Waals surface area contributed by atoms with Gasteiger partial charge in [0.15, 0.2) is 5.76 Å². The van der Waals surface area contributed by atoms with Crippen LogP contribution in [0, 0.1) is 14.9 Å². The number of hydrogen-bond donors (Lipinski definition) is 1. The van der Waals surface area contributed by atoms with Gasteiger partial charge in [-0.1, -0.05) is 12.1 Å². The van der Waals surface area contributed by atoms with Gasteiger partial charge in [0, 0.05) is 11.6 Å². The van der Waals surface area contributed by atoms with Gasteiger partial charge in [0.2, 0.25) is 10.6 Å². The molecular weight excluding hydrogens is 322 g/mol. The number of nitro groups is 1. The fourth-order valence-electron chi connectivity index (χ4n) is 1.85. The van der Waals surface area contributed by atoms with Gasteiger partial charge in [-0.2, -0.15) is 9.78 Å². The Labute approximate surface area is 133 Å². The number of nitro benzene ring substituents is 1. The van der Waals surface area contributed by atoms with E-state index in [9.17, 15) is 15.2 Å². The monoisotopic (exact) mass is 330 g/mol. The van der Waals surface area contributed by atoms with Crippen molar-refractivity contribution in [3.8, 4) is 17.3 Å². The topological polar surface area (TPSA) is 125 Å². The van der Waals surface area contributed by atoms with Crippen molar-refractivity contribution in [2.45, 2.75) is 0 Å². The molecule has 0 saturated carbocycles. The Kier molecular flexibility index (Phi) is 3.73. The third-order valence-corrected chi connectivity index (χ3v) is 3.16. The van der Waals surface area contributed by atoms with E-state index in [0.29, 0.717) is 17.1 Å². The summed E-state index contributed by atoms with van der Waals surface area (Å²) < 4.78 is 6.77. The fourth-order valence-corrected chi connectivity index (χ4v) is 2.03.